The summed E-state index contributed by atoms with van der Waals surface area (Å²) in [4.78, 5) is 17.4. The van der Waals surface area contributed by atoms with Gasteiger partial charge in [0.2, 0.25) is 0 Å². The summed E-state index contributed by atoms with van der Waals surface area (Å²) < 4.78 is 0. The van der Waals surface area contributed by atoms with Crippen LogP contribution in [-0.2, 0) is 0 Å². The van der Waals surface area contributed by atoms with E-state index in [0.717, 1.165) is 28.1 Å². The van der Waals surface area contributed by atoms with Crippen LogP contribution in [0.2, 0.25) is 0 Å². The van der Waals surface area contributed by atoms with Gasteiger partial charge in [0, 0.05) is 23.7 Å². The van der Waals surface area contributed by atoms with Crippen LogP contribution in [0, 0.1) is 0 Å². The van der Waals surface area contributed by atoms with E-state index in [2.05, 4.69) is 39.1 Å². The minimum atomic E-state index is 0.296. The number of aromatic nitrogens is 4. The number of nitrogens with one attached hydrogen (secondary N) is 1. The van der Waals surface area contributed by atoms with Gasteiger partial charge < -0.3 is 11.1 Å². The Morgan fingerprint density at radius 3 is 2.71 bits per heavy atom. The minimum Gasteiger partial charge on any atom is -0.384 e. The highest BCUT2D eigenvalue weighted by Gasteiger charge is 2.06. The molecule has 0 spiro atoms. The maximum absolute atomic E-state index is 5.70. The third-order valence-corrected chi connectivity index (χ3v) is 2.93. The van der Waals surface area contributed by atoms with Crippen LogP contribution in [0.15, 0.2) is 36.8 Å². The molecule has 0 saturated carbocycles. The third-order valence-electron chi connectivity index (χ3n) is 2.93. The smallest absolute Gasteiger partial charge is 0.145 e. The Hall–Kier alpha value is -2.76. The fourth-order valence-electron chi connectivity index (χ4n) is 2.03. The van der Waals surface area contributed by atoms with Crippen molar-refractivity contribution in [1.82, 2.24) is 19.9 Å². The summed E-state index contributed by atoms with van der Waals surface area (Å²) in [5.41, 5.74) is 7.98. The molecule has 6 heteroatoms. The van der Waals surface area contributed by atoms with Crippen molar-refractivity contribution in [2.24, 2.45) is 0 Å². The molecule has 0 bridgehead atoms. The summed E-state index contributed by atoms with van der Waals surface area (Å²) in [5, 5.41) is 4.17. The van der Waals surface area contributed by atoms with Crippen LogP contribution in [0.25, 0.3) is 22.3 Å². The highest BCUT2D eigenvalue weighted by atomic mass is 15.0. The summed E-state index contributed by atoms with van der Waals surface area (Å²) in [6.45, 7) is 4.11. The number of nitrogens with zero attached hydrogens (tertiary/aromatic N) is 4. The van der Waals surface area contributed by atoms with Gasteiger partial charge >= 0.3 is 0 Å². The SMILES string of the molecule is CC(C)Nc1cncc(-c2ccc3cnc(N)cc3n2)n1. The van der Waals surface area contributed by atoms with E-state index in [4.69, 9.17) is 5.73 Å². The van der Waals surface area contributed by atoms with Crippen molar-refractivity contribution in [2.45, 2.75) is 19.9 Å². The molecule has 106 valence electrons. The summed E-state index contributed by atoms with van der Waals surface area (Å²) in [7, 11) is 0. The second kappa shape index (κ2) is 5.32. The number of nitrogen functional groups attached to an aromatic ring is 1. The number of pyridine rings is 2. The standard InChI is InChI=1S/C15H16N6/c1-9(2)19-15-8-17-7-13(21-15)11-4-3-10-6-18-14(16)5-12(10)20-11/h3-9H,1-2H3,(H2,16,18)(H,19,21). The first kappa shape index (κ1) is 13.2. The van der Waals surface area contributed by atoms with Crippen molar-refractivity contribution in [3.8, 4) is 11.4 Å². The number of anilines is 2. The Morgan fingerprint density at radius 1 is 1.05 bits per heavy atom. The average molecular weight is 280 g/mol. The quantitative estimate of drug-likeness (QED) is 0.766. The van der Waals surface area contributed by atoms with Crippen LogP contribution in [0.5, 0.6) is 0 Å². The van der Waals surface area contributed by atoms with Gasteiger partial charge in [0.25, 0.3) is 0 Å². The number of fused-ring (bicyclic) bond motifs is 1. The van der Waals surface area contributed by atoms with Gasteiger partial charge in [-0.15, -0.1) is 0 Å². The van der Waals surface area contributed by atoms with Crippen LogP contribution in [0.4, 0.5) is 11.6 Å². The van der Waals surface area contributed by atoms with Gasteiger partial charge in [0.05, 0.1) is 23.6 Å². The van der Waals surface area contributed by atoms with Crippen LogP contribution < -0.4 is 11.1 Å². The summed E-state index contributed by atoms with van der Waals surface area (Å²) in [6.07, 6.45) is 5.11. The lowest BCUT2D eigenvalue weighted by atomic mass is 10.2. The van der Waals surface area contributed by atoms with E-state index in [9.17, 15) is 0 Å². The van der Waals surface area contributed by atoms with Crippen molar-refractivity contribution in [3.05, 3.63) is 36.8 Å². The molecule has 0 radical (unpaired) electrons. The second-order valence-corrected chi connectivity index (χ2v) is 5.09. The second-order valence-electron chi connectivity index (χ2n) is 5.09. The van der Waals surface area contributed by atoms with Crippen LogP contribution in [0.1, 0.15) is 13.8 Å². The predicted octanol–water partition coefficient (Wildman–Crippen LogP) is 2.49. The van der Waals surface area contributed by atoms with Crippen molar-refractivity contribution in [2.75, 3.05) is 11.1 Å². The molecule has 0 unspecified atom stereocenters. The zero-order valence-corrected chi connectivity index (χ0v) is 11.9. The molecule has 0 amide bonds. The summed E-state index contributed by atoms with van der Waals surface area (Å²) in [6, 6.07) is 5.91. The predicted molar refractivity (Wildman–Crippen MR) is 83.7 cm³/mol. The van der Waals surface area contributed by atoms with Gasteiger partial charge in [-0.05, 0) is 26.0 Å². The van der Waals surface area contributed by atoms with E-state index >= 15 is 0 Å². The van der Waals surface area contributed by atoms with E-state index in [1.165, 1.54) is 0 Å². The third kappa shape index (κ3) is 2.89. The van der Waals surface area contributed by atoms with Gasteiger partial charge in [-0.1, -0.05) is 0 Å². The Balaban J connectivity index is 2.03. The average Bonchev–Trinajstić information content (AvgIpc) is 2.46. The molecule has 0 aliphatic carbocycles. The highest BCUT2D eigenvalue weighted by Crippen LogP contribution is 2.20. The molecule has 3 rings (SSSR count). The number of rotatable bonds is 3. The lowest BCUT2D eigenvalue weighted by Gasteiger charge is -2.09. The van der Waals surface area contributed by atoms with Crippen LogP contribution >= 0.6 is 0 Å². The Morgan fingerprint density at radius 2 is 1.90 bits per heavy atom. The normalized spacial score (nSPS) is 11.0. The van der Waals surface area contributed by atoms with E-state index < -0.39 is 0 Å². The lowest BCUT2D eigenvalue weighted by Crippen LogP contribution is -2.11. The maximum atomic E-state index is 5.70. The molecule has 0 aromatic carbocycles. The van der Waals surface area contributed by atoms with Gasteiger partial charge in [0.15, 0.2) is 0 Å². The summed E-state index contributed by atoms with van der Waals surface area (Å²) in [5.74, 6) is 1.19. The largest absolute Gasteiger partial charge is 0.384 e. The molecule has 0 atom stereocenters. The van der Waals surface area contributed by atoms with Gasteiger partial charge in [-0.25, -0.2) is 15.0 Å². The molecule has 0 aliphatic rings. The van der Waals surface area contributed by atoms with Gasteiger partial charge in [-0.3, -0.25) is 4.98 Å². The molecule has 3 heterocycles. The number of nitrogens with two attached hydrogens (primary N) is 1. The molecule has 0 fully saturated rings. The molecule has 0 aliphatic heterocycles. The molecule has 6 nitrogen and oxygen atoms in total. The van der Waals surface area contributed by atoms with Gasteiger partial charge in [0.1, 0.15) is 17.3 Å². The van der Waals surface area contributed by atoms with Crippen molar-refractivity contribution < 1.29 is 0 Å². The molecule has 3 aromatic heterocycles. The lowest BCUT2D eigenvalue weighted by molar-refractivity contribution is 0.886. The van der Waals surface area contributed by atoms with Crippen molar-refractivity contribution >= 4 is 22.5 Å². The monoisotopic (exact) mass is 280 g/mol. The van der Waals surface area contributed by atoms with Crippen molar-refractivity contribution in [3.63, 3.8) is 0 Å². The Bertz CT molecular complexity index is 784. The highest BCUT2D eigenvalue weighted by molar-refractivity contribution is 5.82. The molecular weight excluding hydrogens is 264 g/mol. The zero-order chi connectivity index (χ0) is 14.8. The molecular formula is C15H16N6. The Labute approximate surface area is 122 Å². The Kier molecular flexibility index (Phi) is 3.35. The van der Waals surface area contributed by atoms with E-state index in [-0.39, 0.29) is 0 Å². The zero-order valence-electron chi connectivity index (χ0n) is 11.9. The summed E-state index contributed by atoms with van der Waals surface area (Å²) >= 11 is 0. The topological polar surface area (TPSA) is 89.6 Å². The number of hydrogen-bond acceptors (Lipinski definition) is 6. The fraction of sp³-hybridized carbons (Fsp3) is 0.200. The maximum Gasteiger partial charge on any atom is 0.145 e. The van der Waals surface area contributed by atoms with Gasteiger partial charge in [-0.2, -0.15) is 0 Å². The minimum absolute atomic E-state index is 0.296. The van der Waals surface area contributed by atoms with Crippen LogP contribution in [0.3, 0.4) is 0 Å². The van der Waals surface area contributed by atoms with E-state index in [1.54, 1.807) is 24.7 Å². The molecule has 3 aromatic rings. The molecule has 0 saturated heterocycles. The first-order valence-electron chi connectivity index (χ1n) is 6.73. The first-order valence-corrected chi connectivity index (χ1v) is 6.73. The van der Waals surface area contributed by atoms with E-state index in [1.807, 2.05) is 12.1 Å². The fourth-order valence-corrected chi connectivity index (χ4v) is 2.03. The van der Waals surface area contributed by atoms with E-state index in [0.29, 0.717) is 11.9 Å². The molecule has 3 N–H and O–H groups in total. The first-order chi connectivity index (χ1) is 10.1. The van der Waals surface area contributed by atoms with Crippen LogP contribution in [-0.4, -0.2) is 26.0 Å². The number of hydrogen-bond donors (Lipinski definition) is 2. The van der Waals surface area contributed by atoms with Crippen molar-refractivity contribution in [1.29, 1.82) is 0 Å². The molecule has 21 heavy (non-hydrogen) atoms.